The number of hydrazine groups is 1. The lowest BCUT2D eigenvalue weighted by atomic mass is 10.3. The first-order valence-electron chi connectivity index (χ1n) is 6.60. The van der Waals surface area contributed by atoms with Crippen molar-refractivity contribution in [3.8, 4) is 0 Å². The minimum atomic E-state index is -4.10. The van der Waals surface area contributed by atoms with Gasteiger partial charge in [-0.25, -0.2) is 5.84 Å². The molecule has 7 heteroatoms. The molecule has 0 amide bonds. The Hall–Kier alpha value is -1.21. The quantitative estimate of drug-likeness (QED) is 0.279. The Morgan fingerprint density at radius 3 is 2.35 bits per heavy atom. The van der Waals surface area contributed by atoms with Crippen molar-refractivity contribution in [3.63, 3.8) is 0 Å². The van der Waals surface area contributed by atoms with Crippen LogP contribution in [0.4, 0.5) is 13.2 Å². The van der Waals surface area contributed by atoms with Gasteiger partial charge in [-0.05, 0) is 19.9 Å². The van der Waals surface area contributed by atoms with Crippen LogP contribution in [0.3, 0.4) is 0 Å². The number of alkyl halides is 3. The molecule has 0 fully saturated rings. The lowest BCUT2D eigenvalue weighted by Gasteiger charge is -2.15. The molecule has 4 nitrogen and oxygen atoms in total. The zero-order chi connectivity index (χ0) is 16.2. The molecule has 0 spiro atoms. The average Bonchev–Trinajstić information content (AvgIpc) is 2.28. The van der Waals surface area contributed by atoms with Gasteiger partial charge in [0.15, 0.2) is 0 Å². The van der Waals surface area contributed by atoms with Gasteiger partial charge in [0.1, 0.15) is 0 Å². The molecule has 5 N–H and O–H groups in total. The number of hydrogen-bond acceptors (Lipinski definition) is 4. The highest BCUT2D eigenvalue weighted by atomic mass is 19.4. The van der Waals surface area contributed by atoms with E-state index in [2.05, 4.69) is 11.9 Å². The summed E-state index contributed by atoms with van der Waals surface area (Å²) in [6.07, 6.45) is -3.32. The van der Waals surface area contributed by atoms with Crippen LogP contribution in [0.15, 0.2) is 24.0 Å². The van der Waals surface area contributed by atoms with E-state index in [9.17, 15) is 13.2 Å². The van der Waals surface area contributed by atoms with Gasteiger partial charge >= 0.3 is 6.18 Å². The van der Waals surface area contributed by atoms with Gasteiger partial charge in [0.25, 0.3) is 0 Å². The predicted molar refractivity (Wildman–Crippen MR) is 77.5 cm³/mol. The van der Waals surface area contributed by atoms with Gasteiger partial charge in [-0.3, -0.25) is 0 Å². The van der Waals surface area contributed by atoms with E-state index in [1.165, 1.54) is 11.2 Å². The van der Waals surface area contributed by atoms with Gasteiger partial charge in [0, 0.05) is 24.9 Å². The minimum absolute atomic E-state index is 0.0366. The Bertz CT molecular complexity index is 288. The Kier molecular flexibility index (Phi) is 12.2. The van der Waals surface area contributed by atoms with Crippen molar-refractivity contribution in [2.45, 2.75) is 39.8 Å². The van der Waals surface area contributed by atoms with E-state index in [4.69, 9.17) is 11.6 Å². The van der Waals surface area contributed by atoms with Crippen LogP contribution < -0.4 is 16.9 Å². The number of rotatable bonds is 8. The van der Waals surface area contributed by atoms with Gasteiger partial charge in [-0.1, -0.05) is 26.0 Å². The van der Waals surface area contributed by atoms with Crippen LogP contribution in [0.1, 0.15) is 33.6 Å². The molecular formula is C13H27F3N4. The molecular weight excluding hydrogens is 269 g/mol. The van der Waals surface area contributed by atoms with E-state index < -0.39 is 12.6 Å². The number of hydrogen-bond donors (Lipinski definition) is 3. The fourth-order valence-electron chi connectivity index (χ4n) is 1.26. The molecule has 120 valence electrons. The Balaban J connectivity index is 0. The van der Waals surface area contributed by atoms with E-state index >= 15 is 0 Å². The Morgan fingerprint density at radius 2 is 1.90 bits per heavy atom. The maximum atomic E-state index is 11.8. The SMILES string of the molecule is C=C(C)CN(N)/C=C(\N)CNCCCC(F)(F)F.CC. The first-order valence-corrected chi connectivity index (χ1v) is 6.60. The summed E-state index contributed by atoms with van der Waals surface area (Å²) < 4.78 is 35.5. The topological polar surface area (TPSA) is 67.3 Å². The van der Waals surface area contributed by atoms with Crippen LogP contribution in [-0.4, -0.2) is 30.8 Å². The molecule has 0 saturated heterocycles. The molecule has 0 rings (SSSR count). The average molecular weight is 296 g/mol. The van der Waals surface area contributed by atoms with Crippen molar-refractivity contribution in [2.24, 2.45) is 11.6 Å². The van der Waals surface area contributed by atoms with Crippen molar-refractivity contribution >= 4 is 0 Å². The van der Waals surface area contributed by atoms with Crippen LogP contribution in [0.2, 0.25) is 0 Å². The van der Waals surface area contributed by atoms with Crippen molar-refractivity contribution in [1.82, 2.24) is 10.3 Å². The summed E-state index contributed by atoms with van der Waals surface area (Å²) in [6, 6.07) is 0. The Labute approximate surface area is 119 Å². The van der Waals surface area contributed by atoms with Crippen LogP contribution in [-0.2, 0) is 0 Å². The van der Waals surface area contributed by atoms with E-state index in [-0.39, 0.29) is 13.0 Å². The zero-order valence-corrected chi connectivity index (χ0v) is 12.6. The molecule has 0 aliphatic heterocycles. The van der Waals surface area contributed by atoms with E-state index in [0.29, 0.717) is 18.8 Å². The molecule has 0 heterocycles. The molecule has 0 aromatic heterocycles. The largest absolute Gasteiger partial charge is 0.400 e. The second-order valence-electron chi connectivity index (χ2n) is 4.23. The van der Waals surface area contributed by atoms with E-state index in [1.54, 1.807) is 0 Å². The van der Waals surface area contributed by atoms with E-state index in [0.717, 1.165) is 5.57 Å². The second-order valence-corrected chi connectivity index (χ2v) is 4.23. The molecule has 0 bridgehead atoms. The van der Waals surface area contributed by atoms with Gasteiger partial charge in [-0.2, -0.15) is 13.2 Å². The number of nitrogens with two attached hydrogens (primary N) is 2. The van der Waals surface area contributed by atoms with Crippen LogP contribution in [0.5, 0.6) is 0 Å². The molecule has 0 unspecified atom stereocenters. The predicted octanol–water partition coefficient (Wildman–Crippen LogP) is 2.50. The third kappa shape index (κ3) is 16.8. The third-order valence-electron chi connectivity index (χ3n) is 1.93. The number of nitrogens with zero attached hydrogens (tertiary/aromatic N) is 1. The summed E-state index contributed by atoms with van der Waals surface area (Å²) in [5, 5.41) is 4.20. The molecule has 0 aliphatic carbocycles. The highest BCUT2D eigenvalue weighted by Gasteiger charge is 2.25. The normalized spacial score (nSPS) is 11.7. The van der Waals surface area contributed by atoms with Gasteiger partial charge in [-0.15, -0.1) is 0 Å². The monoisotopic (exact) mass is 296 g/mol. The smallest absolute Gasteiger partial charge is 0.389 e. The summed E-state index contributed by atoms with van der Waals surface area (Å²) >= 11 is 0. The van der Waals surface area contributed by atoms with E-state index in [1.807, 2.05) is 20.8 Å². The standard InChI is InChI=1S/C11H21F3N4.C2H6/c1-9(2)7-18(16)8-10(15)6-17-5-3-4-11(12,13)14;1-2/h8,17H,1,3-7,15-16H2,2H3;1-2H3/b10-8-;. The van der Waals surface area contributed by atoms with Gasteiger partial charge in [0.05, 0.1) is 6.54 Å². The van der Waals surface area contributed by atoms with Crippen LogP contribution in [0.25, 0.3) is 0 Å². The lowest BCUT2D eigenvalue weighted by molar-refractivity contribution is -0.135. The molecule has 0 aliphatic rings. The summed E-state index contributed by atoms with van der Waals surface area (Å²) in [7, 11) is 0. The molecule has 0 aromatic carbocycles. The summed E-state index contributed by atoms with van der Waals surface area (Å²) in [6.45, 7) is 10.6. The molecule has 0 radical (unpaired) electrons. The van der Waals surface area contributed by atoms with Crippen molar-refractivity contribution in [3.05, 3.63) is 24.0 Å². The molecule has 0 atom stereocenters. The zero-order valence-electron chi connectivity index (χ0n) is 12.6. The number of nitrogens with one attached hydrogen (secondary N) is 1. The minimum Gasteiger partial charge on any atom is -0.400 e. The second kappa shape index (κ2) is 11.6. The first kappa shape index (κ1) is 21.1. The third-order valence-corrected chi connectivity index (χ3v) is 1.93. The van der Waals surface area contributed by atoms with Crippen molar-refractivity contribution < 1.29 is 13.2 Å². The first-order chi connectivity index (χ1) is 9.20. The van der Waals surface area contributed by atoms with Crippen molar-refractivity contribution in [1.29, 1.82) is 0 Å². The summed E-state index contributed by atoms with van der Waals surface area (Å²) in [5.74, 6) is 5.60. The van der Waals surface area contributed by atoms with Crippen LogP contribution in [0, 0.1) is 0 Å². The fourth-order valence-corrected chi connectivity index (χ4v) is 1.26. The molecule has 0 saturated carbocycles. The van der Waals surface area contributed by atoms with Crippen LogP contribution >= 0.6 is 0 Å². The summed E-state index contributed by atoms with van der Waals surface area (Å²) in [5.41, 5.74) is 7.00. The maximum Gasteiger partial charge on any atom is 0.389 e. The Morgan fingerprint density at radius 1 is 1.35 bits per heavy atom. The van der Waals surface area contributed by atoms with Gasteiger partial charge < -0.3 is 16.1 Å². The fraction of sp³-hybridized carbons (Fsp3) is 0.692. The van der Waals surface area contributed by atoms with Crippen molar-refractivity contribution in [2.75, 3.05) is 19.6 Å². The summed E-state index contributed by atoms with van der Waals surface area (Å²) in [4.78, 5) is 0. The van der Waals surface area contributed by atoms with Gasteiger partial charge in [0.2, 0.25) is 0 Å². The number of halogens is 3. The highest BCUT2D eigenvalue weighted by molar-refractivity contribution is 5.00. The molecule has 0 aromatic rings. The lowest BCUT2D eigenvalue weighted by Crippen LogP contribution is -2.30. The highest BCUT2D eigenvalue weighted by Crippen LogP contribution is 2.20. The molecule has 20 heavy (non-hydrogen) atoms. The maximum absolute atomic E-state index is 11.8.